The Balaban J connectivity index is 1.99. The Bertz CT molecular complexity index is 533. The van der Waals surface area contributed by atoms with Crippen molar-refractivity contribution in [3.63, 3.8) is 0 Å². The van der Waals surface area contributed by atoms with E-state index < -0.39 is 0 Å². The average Bonchev–Trinajstić information content (AvgIpc) is 2.49. The Morgan fingerprint density at radius 1 is 1.41 bits per heavy atom. The quantitative estimate of drug-likeness (QED) is 0.905. The van der Waals surface area contributed by atoms with Gasteiger partial charge >= 0.3 is 0 Å². The van der Waals surface area contributed by atoms with Crippen molar-refractivity contribution >= 4 is 29.1 Å². The molecular formula is C17H24Cl2N2O. The summed E-state index contributed by atoms with van der Waals surface area (Å²) in [7, 11) is 0. The number of rotatable bonds is 4. The van der Waals surface area contributed by atoms with Crippen LogP contribution in [0.4, 0.5) is 0 Å². The standard InChI is InChI=1S/C17H24Cl2N2O/c1-11(8-13-5-6-15(18)9-16(13)19)17(22)21-7-3-4-14(10-21)12(2)20/h5-6,9,11-12,14H,3-4,7-8,10,20H2,1-2H3/t11-,12+,14+/m1/s1. The Labute approximate surface area is 142 Å². The first-order chi connectivity index (χ1) is 10.4. The predicted molar refractivity (Wildman–Crippen MR) is 92.3 cm³/mol. The van der Waals surface area contributed by atoms with Gasteiger partial charge in [0.25, 0.3) is 0 Å². The first kappa shape index (κ1) is 17.6. The lowest BCUT2D eigenvalue weighted by molar-refractivity contribution is -0.136. The number of nitrogens with two attached hydrogens (primary N) is 1. The van der Waals surface area contributed by atoms with Crippen molar-refractivity contribution < 1.29 is 4.79 Å². The molecule has 1 aromatic carbocycles. The maximum Gasteiger partial charge on any atom is 0.225 e. The SMILES string of the molecule is C[C@H](Cc1ccc(Cl)cc1Cl)C(=O)N1CCC[C@H]([C@H](C)N)C1. The summed E-state index contributed by atoms with van der Waals surface area (Å²) in [6.45, 7) is 5.59. The van der Waals surface area contributed by atoms with Gasteiger partial charge in [-0.15, -0.1) is 0 Å². The third kappa shape index (κ3) is 4.37. The number of benzene rings is 1. The van der Waals surface area contributed by atoms with Crippen molar-refractivity contribution in [3.8, 4) is 0 Å². The van der Waals surface area contributed by atoms with Crippen LogP contribution < -0.4 is 5.73 Å². The number of hydrogen-bond acceptors (Lipinski definition) is 2. The van der Waals surface area contributed by atoms with Gasteiger partial charge in [0.1, 0.15) is 0 Å². The van der Waals surface area contributed by atoms with Crippen molar-refractivity contribution in [1.29, 1.82) is 0 Å². The van der Waals surface area contributed by atoms with E-state index in [9.17, 15) is 4.79 Å². The topological polar surface area (TPSA) is 46.3 Å². The highest BCUT2D eigenvalue weighted by Gasteiger charge is 2.28. The summed E-state index contributed by atoms with van der Waals surface area (Å²) in [5.41, 5.74) is 6.96. The molecule has 0 spiro atoms. The maximum absolute atomic E-state index is 12.7. The largest absolute Gasteiger partial charge is 0.342 e. The second kappa shape index (κ2) is 7.67. The summed E-state index contributed by atoms with van der Waals surface area (Å²) in [5, 5.41) is 1.24. The van der Waals surface area contributed by atoms with Gasteiger partial charge < -0.3 is 10.6 Å². The number of hydrogen-bond donors (Lipinski definition) is 1. The van der Waals surface area contributed by atoms with Gasteiger partial charge in [0, 0.05) is 35.1 Å². The number of carbonyl (C=O) groups is 1. The van der Waals surface area contributed by atoms with E-state index in [1.54, 1.807) is 6.07 Å². The van der Waals surface area contributed by atoms with Crippen LogP contribution in [-0.4, -0.2) is 29.9 Å². The molecule has 3 atom stereocenters. The number of halogens is 2. The second-order valence-corrected chi connectivity index (χ2v) is 7.23. The average molecular weight is 343 g/mol. The number of carbonyl (C=O) groups excluding carboxylic acids is 1. The number of likely N-dealkylation sites (tertiary alicyclic amines) is 1. The van der Waals surface area contributed by atoms with Gasteiger partial charge in [-0.3, -0.25) is 4.79 Å². The highest BCUT2D eigenvalue weighted by Crippen LogP contribution is 2.25. The third-order valence-corrected chi connectivity index (χ3v) is 5.06. The van der Waals surface area contributed by atoms with Crippen LogP contribution >= 0.6 is 23.2 Å². The molecule has 2 N–H and O–H groups in total. The van der Waals surface area contributed by atoms with Gasteiger partial charge in [0.2, 0.25) is 5.91 Å². The first-order valence-electron chi connectivity index (χ1n) is 7.86. The molecule has 1 aromatic rings. The van der Waals surface area contributed by atoms with E-state index in [4.69, 9.17) is 28.9 Å². The first-order valence-corrected chi connectivity index (χ1v) is 8.62. The van der Waals surface area contributed by atoms with Crippen LogP contribution in [0, 0.1) is 11.8 Å². The van der Waals surface area contributed by atoms with E-state index in [-0.39, 0.29) is 17.9 Å². The van der Waals surface area contributed by atoms with Gasteiger partial charge in [-0.25, -0.2) is 0 Å². The summed E-state index contributed by atoms with van der Waals surface area (Å²) in [5.74, 6) is 0.505. The molecule has 0 radical (unpaired) electrons. The van der Waals surface area contributed by atoms with Crippen LogP contribution in [-0.2, 0) is 11.2 Å². The molecule has 0 saturated carbocycles. The van der Waals surface area contributed by atoms with E-state index in [2.05, 4.69) is 0 Å². The molecule has 1 fully saturated rings. The number of piperidine rings is 1. The normalized spacial score (nSPS) is 21.5. The molecule has 5 heteroatoms. The van der Waals surface area contributed by atoms with Gasteiger partial charge in [0.15, 0.2) is 0 Å². The molecule has 3 nitrogen and oxygen atoms in total. The maximum atomic E-state index is 12.7. The van der Waals surface area contributed by atoms with E-state index in [1.807, 2.05) is 30.9 Å². The van der Waals surface area contributed by atoms with Crippen LogP contribution in [0.3, 0.4) is 0 Å². The summed E-state index contributed by atoms with van der Waals surface area (Å²) in [6.07, 6.45) is 2.78. The second-order valence-electron chi connectivity index (χ2n) is 6.39. The van der Waals surface area contributed by atoms with Crippen LogP contribution in [0.5, 0.6) is 0 Å². The monoisotopic (exact) mass is 342 g/mol. The lowest BCUT2D eigenvalue weighted by Gasteiger charge is -2.36. The molecule has 122 valence electrons. The van der Waals surface area contributed by atoms with Crippen molar-refractivity contribution in [2.75, 3.05) is 13.1 Å². The molecule has 0 bridgehead atoms. The minimum Gasteiger partial charge on any atom is -0.342 e. The number of amides is 1. The van der Waals surface area contributed by atoms with Gasteiger partial charge in [-0.2, -0.15) is 0 Å². The van der Waals surface area contributed by atoms with Gasteiger partial charge in [-0.05, 0) is 49.8 Å². The van der Waals surface area contributed by atoms with Crippen LogP contribution in [0.2, 0.25) is 10.0 Å². The van der Waals surface area contributed by atoms with Crippen LogP contribution in [0.1, 0.15) is 32.3 Å². The fourth-order valence-electron chi connectivity index (χ4n) is 3.06. The van der Waals surface area contributed by atoms with Crippen LogP contribution in [0.15, 0.2) is 18.2 Å². The van der Waals surface area contributed by atoms with Crippen molar-refractivity contribution in [3.05, 3.63) is 33.8 Å². The fourth-order valence-corrected chi connectivity index (χ4v) is 3.54. The minimum absolute atomic E-state index is 0.0921. The Morgan fingerprint density at radius 2 is 2.14 bits per heavy atom. The molecular weight excluding hydrogens is 319 g/mol. The summed E-state index contributed by atoms with van der Waals surface area (Å²) < 4.78 is 0. The lowest BCUT2D eigenvalue weighted by Crippen LogP contribution is -2.46. The Morgan fingerprint density at radius 3 is 2.77 bits per heavy atom. The molecule has 1 amide bonds. The van der Waals surface area contributed by atoms with Crippen molar-refractivity contribution in [1.82, 2.24) is 4.90 Å². The van der Waals surface area contributed by atoms with Gasteiger partial charge in [-0.1, -0.05) is 36.2 Å². The molecule has 0 aliphatic carbocycles. The van der Waals surface area contributed by atoms with Gasteiger partial charge in [0.05, 0.1) is 0 Å². The van der Waals surface area contributed by atoms with E-state index in [1.165, 1.54) is 0 Å². The highest BCUT2D eigenvalue weighted by molar-refractivity contribution is 6.35. The third-order valence-electron chi connectivity index (χ3n) is 4.48. The highest BCUT2D eigenvalue weighted by atomic mass is 35.5. The zero-order chi connectivity index (χ0) is 16.3. The minimum atomic E-state index is -0.0921. The molecule has 1 heterocycles. The Hall–Kier alpha value is -0.770. The molecule has 1 saturated heterocycles. The fraction of sp³-hybridized carbons (Fsp3) is 0.588. The summed E-state index contributed by atoms with van der Waals surface area (Å²) >= 11 is 12.1. The lowest BCUT2D eigenvalue weighted by atomic mass is 9.91. The van der Waals surface area contributed by atoms with Crippen molar-refractivity contribution in [2.24, 2.45) is 17.6 Å². The van der Waals surface area contributed by atoms with Crippen molar-refractivity contribution in [2.45, 2.75) is 39.2 Å². The van der Waals surface area contributed by atoms with E-state index >= 15 is 0 Å². The Kier molecular flexibility index (Phi) is 6.13. The molecule has 1 aliphatic heterocycles. The van der Waals surface area contributed by atoms with Crippen LogP contribution in [0.25, 0.3) is 0 Å². The molecule has 22 heavy (non-hydrogen) atoms. The summed E-state index contributed by atoms with van der Waals surface area (Å²) in [6, 6.07) is 5.57. The smallest absolute Gasteiger partial charge is 0.225 e. The number of nitrogens with zero attached hydrogens (tertiary/aromatic N) is 1. The zero-order valence-corrected chi connectivity index (χ0v) is 14.7. The molecule has 2 rings (SSSR count). The zero-order valence-electron chi connectivity index (χ0n) is 13.2. The predicted octanol–water partition coefficient (Wildman–Crippen LogP) is 3.76. The summed E-state index contributed by atoms with van der Waals surface area (Å²) in [4.78, 5) is 14.6. The molecule has 1 aliphatic rings. The molecule has 0 aromatic heterocycles. The van der Waals surface area contributed by atoms with E-state index in [0.717, 1.165) is 31.5 Å². The van der Waals surface area contributed by atoms with E-state index in [0.29, 0.717) is 22.4 Å². The molecule has 0 unspecified atom stereocenters.